The second-order valence-corrected chi connectivity index (χ2v) is 7.40. The predicted octanol–water partition coefficient (Wildman–Crippen LogP) is 5.65. The monoisotopic (exact) mass is 394 g/mol. The highest BCUT2D eigenvalue weighted by molar-refractivity contribution is 6.01. The van der Waals surface area contributed by atoms with E-state index >= 15 is 0 Å². The molecule has 2 N–H and O–H groups in total. The molecule has 0 saturated heterocycles. The Balaban J connectivity index is 1.18. The standard InChI is InChI=1S/C24H22N6/c1-2-7-22-21(6-1)18(15-26-22)5-3-4-17-8-10-19(11-9-17)28-20-12-13-25-23(14-20)24-16-27-30-29-24/h1-2,6-15,26H,3-5,16H2,(H,25,28). The van der Waals surface area contributed by atoms with Crippen LogP contribution in [0.5, 0.6) is 0 Å². The molecule has 0 amide bonds. The molecule has 0 radical (unpaired) electrons. The number of aromatic nitrogens is 2. The molecule has 5 rings (SSSR count). The molecule has 0 atom stereocenters. The number of pyridine rings is 1. The molecule has 1 aliphatic rings. The van der Waals surface area contributed by atoms with Crippen molar-refractivity contribution in [3.63, 3.8) is 0 Å². The zero-order valence-electron chi connectivity index (χ0n) is 16.5. The minimum atomic E-state index is 0.490. The molecule has 2 aromatic carbocycles. The van der Waals surface area contributed by atoms with Crippen LogP contribution in [0.1, 0.15) is 23.2 Å². The molecular weight excluding hydrogens is 372 g/mol. The Labute approximate surface area is 174 Å². The Hall–Kier alpha value is -3.80. The van der Waals surface area contributed by atoms with Gasteiger partial charge in [-0.25, -0.2) is 0 Å². The van der Waals surface area contributed by atoms with E-state index in [9.17, 15) is 0 Å². The van der Waals surface area contributed by atoms with Crippen LogP contribution in [-0.4, -0.2) is 22.2 Å². The van der Waals surface area contributed by atoms with Crippen molar-refractivity contribution in [2.45, 2.75) is 19.3 Å². The minimum Gasteiger partial charge on any atom is -0.361 e. The van der Waals surface area contributed by atoms with E-state index in [1.165, 1.54) is 22.0 Å². The van der Waals surface area contributed by atoms with Gasteiger partial charge >= 0.3 is 0 Å². The first-order valence-corrected chi connectivity index (χ1v) is 10.2. The number of hydrogen-bond donors (Lipinski definition) is 2. The van der Waals surface area contributed by atoms with Crippen molar-refractivity contribution in [1.82, 2.24) is 9.97 Å². The number of fused-ring (bicyclic) bond motifs is 1. The topological polar surface area (TPSA) is 77.8 Å². The fourth-order valence-corrected chi connectivity index (χ4v) is 3.76. The average molecular weight is 394 g/mol. The number of nitrogens with zero attached hydrogens (tertiary/aromatic N) is 4. The maximum Gasteiger partial charge on any atom is 0.114 e. The van der Waals surface area contributed by atoms with Gasteiger partial charge in [-0.1, -0.05) is 30.3 Å². The second kappa shape index (κ2) is 8.29. The summed E-state index contributed by atoms with van der Waals surface area (Å²) >= 11 is 0. The largest absolute Gasteiger partial charge is 0.361 e. The zero-order valence-corrected chi connectivity index (χ0v) is 16.5. The highest BCUT2D eigenvalue weighted by Gasteiger charge is 2.09. The molecule has 0 saturated carbocycles. The summed E-state index contributed by atoms with van der Waals surface area (Å²) in [5.74, 6) is 0. The van der Waals surface area contributed by atoms with Crippen LogP contribution in [0, 0.1) is 0 Å². The third kappa shape index (κ3) is 3.98. The maximum absolute atomic E-state index is 4.36. The number of H-pyrrole nitrogens is 1. The van der Waals surface area contributed by atoms with Gasteiger partial charge in [0.05, 0.1) is 5.69 Å². The van der Waals surface area contributed by atoms with Gasteiger partial charge in [-0.15, -0.1) is 5.10 Å². The fourth-order valence-electron chi connectivity index (χ4n) is 3.76. The summed E-state index contributed by atoms with van der Waals surface area (Å²) < 4.78 is 0. The number of aromatic amines is 1. The van der Waals surface area contributed by atoms with Gasteiger partial charge in [-0.3, -0.25) is 4.98 Å². The summed E-state index contributed by atoms with van der Waals surface area (Å²) in [6, 6.07) is 21.0. The predicted molar refractivity (Wildman–Crippen MR) is 121 cm³/mol. The van der Waals surface area contributed by atoms with Crippen molar-refractivity contribution < 1.29 is 0 Å². The number of benzene rings is 2. The highest BCUT2D eigenvalue weighted by atomic mass is 15.4. The summed E-state index contributed by atoms with van der Waals surface area (Å²) in [7, 11) is 0. The van der Waals surface area contributed by atoms with Crippen molar-refractivity contribution in [3.8, 4) is 0 Å². The number of hydrogen-bond acceptors (Lipinski definition) is 5. The Kier molecular flexibility index (Phi) is 5.04. The van der Waals surface area contributed by atoms with E-state index in [2.05, 4.69) is 85.5 Å². The fraction of sp³-hybridized carbons (Fsp3) is 0.167. The summed E-state index contributed by atoms with van der Waals surface area (Å²) in [6.07, 6.45) is 7.18. The Morgan fingerprint density at radius 2 is 1.83 bits per heavy atom. The van der Waals surface area contributed by atoms with Crippen molar-refractivity contribution in [2.24, 2.45) is 15.4 Å². The minimum absolute atomic E-state index is 0.490. The maximum atomic E-state index is 4.36. The van der Waals surface area contributed by atoms with E-state index in [0.29, 0.717) is 6.54 Å². The molecule has 30 heavy (non-hydrogen) atoms. The third-order valence-corrected chi connectivity index (χ3v) is 5.33. The van der Waals surface area contributed by atoms with Crippen LogP contribution in [0.3, 0.4) is 0 Å². The second-order valence-electron chi connectivity index (χ2n) is 7.40. The lowest BCUT2D eigenvalue weighted by atomic mass is 10.0. The Morgan fingerprint density at radius 3 is 2.70 bits per heavy atom. The highest BCUT2D eigenvalue weighted by Crippen LogP contribution is 2.21. The smallest absolute Gasteiger partial charge is 0.114 e. The molecule has 3 heterocycles. The normalized spacial score (nSPS) is 13.0. The average Bonchev–Trinajstić information content (AvgIpc) is 3.46. The molecule has 0 spiro atoms. The van der Waals surface area contributed by atoms with Gasteiger partial charge < -0.3 is 10.3 Å². The van der Waals surface area contributed by atoms with Crippen molar-refractivity contribution in [3.05, 3.63) is 89.9 Å². The molecule has 2 aromatic heterocycles. The van der Waals surface area contributed by atoms with Crippen molar-refractivity contribution in [2.75, 3.05) is 11.9 Å². The number of aryl methyl sites for hydroxylation is 2. The van der Waals surface area contributed by atoms with Crippen molar-refractivity contribution in [1.29, 1.82) is 0 Å². The molecular formula is C24H22N6. The van der Waals surface area contributed by atoms with Crippen LogP contribution >= 0.6 is 0 Å². The van der Waals surface area contributed by atoms with E-state index < -0.39 is 0 Å². The Bertz CT molecular complexity index is 1220. The van der Waals surface area contributed by atoms with E-state index in [1.807, 2.05) is 12.1 Å². The first-order chi connectivity index (χ1) is 14.8. The molecule has 0 fully saturated rings. The number of para-hydroxylation sites is 1. The van der Waals surface area contributed by atoms with E-state index in [0.717, 1.165) is 42.0 Å². The Morgan fingerprint density at radius 1 is 0.933 bits per heavy atom. The van der Waals surface area contributed by atoms with Crippen LogP contribution in [0.25, 0.3) is 10.9 Å². The molecule has 0 aliphatic carbocycles. The first-order valence-electron chi connectivity index (χ1n) is 10.2. The van der Waals surface area contributed by atoms with Gasteiger partial charge in [0.25, 0.3) is 0 Å². The lowest BCUT2D eigenvalue weighted by molar-refractivity contribution is 0.825. The van der Waals surface area contributed by atoms with Crippen LogP contribution in [0.15, 0.2) is 88.5 Å². The number of nitrogens with one attached hydrogen (secondary N) is 2. The van der Waals surface area contributed by atoms with E-state index in [-0.39, 0.29) is 0 Å². The first kappa shape index (κ1) is 18.2. The summed E-state index contributed by atoms with van der Waals surface area (Å²) in [6.45, 7) is 0.490. The quantitative estimate of drug-likeness (QED) is 0.425. The molecule has 148 valence electrons. The van der Waals surface area contributed by atoms with Gasteiger partial charge in [-0.05, 0) is 65.9 Å². The van der Waals surface area contributed by atoms with Crippen LogP contribution in [-0.2, 0) is 12.8 Å². The van der Waals surface area contributed by atoms with Crippen molar-refractivity contribution >= 4 is 28.0 Å². The zero-order chi connectivity index (χ0) is 20.2. The SMILES string of the molecule is c1ccc2c(CCCc3ccc(Nc4ccnc(C5=NN=NC5)c4)cc3)c[nH]c2c1. The number of rotatable bonds is 7. The van der Waals surface area contributed by atoms with Crippen LogP contribution < -0.4 is 5.32 Å². The summed E-state index contributed by atoms with van der Waals surface area (Å²) in [5, 5.41) is 16.3. The molecule has 0 bridgehead atoms. The molecule has 4 aromatic rings. The van der Waals surface area contributed by atoms with Gasteiger partial charge in [0, 0.05) is 34.7 Å². The van der Waals surface area contributed by atoms with Gasteiger partial charge in [0.15, 0.2) is 0 Å². The molecule has 6 heteroatoms. The van der Waals surface area contributed by atoms with E-state index in [4.69, 9.17) is 0 Å². The summed E-state index contributed by atoms with van der Waals surface area (Å²) in [5.41, 5.74) is 7.58. The molecule has 0 unspecified atom stereocenters. The number of anilines is 2. The third-order valence-electron chi connectivity index (χ3n) is 5.33. The van der Waals surface area contributed by atoms with Gasteiger partial charge in [-0.2, -0.15) is 5.11 Å². The molecule has 1 aliphatic heterocycles. The van der Waals surface area contributed by atoms with Gasteiger partial charge in [0.2, 0.25) is 0 Å². The summed E-state index contributed by atoms with van der Waals surface area (Å²) in [4.78, 5) is 7.72. The van der Waals surface area contributed by atoms with Crippen LogP contribution in [0.2, 0.25) is 0 Å². The molecule has 6 nitrogen and oxygen atoms in total. The van der Waals surface area contributed by atoms with E-state index in [1.54, 1.807) is 6.20 Å². The lowest BCUT2D eigenvalue weighted by Gasteiger charge is -2.09. The van der Waals surface area contributed by atoms with Gasteiger partial charge in [0.1, 0.15) is 12.3 Å². The van der Waals surface area contributed by atoms with Crippen LogP contribution in [0.4, 0.5) is 11.4 Å². The lowest BCUT2D eigenvalue weighted by Crippen LogP contribution is -2.05.